The van der Waals surface area contributed by atoms with E-state index in [9.17, 15) is 4.79 Å². The first kappa shape index (κ1) is 23.4. The first-order valence-corrected chi connectivity index (χ1v) is 11.9. The fourth-order valence-electron chi connectivity index (χ4n) is 4.32. The van der Waals surface area contributed by atoms with Gasteiger partial charge in [0.2, 0.25) is 0 Å². The molecule has 33 heavy (non-hydrogen) atoms. The van der Waals surface area contributed by atoms with Crippen LogP contribution < -0.4 is 10.6 Å². The summed E-state index contributed by atoms with van der Waals surface area (Å²) in [4.78, 5) is 29.0. The summed E-state index contributed by atoms with van der Waals surface area (Å²) in [6.45, 7) is 10.3. The van der Waals surface area contributed by atoms with E-state index in [1.54, 1.807) is 12.3 Å². The summed E-state index contributed by atoms with van der Waals surface area (Å²) < 4.78 is 0. The molecule has 0 aliphatic carbocycles. The van der Waals surface area contributed by atoms with Gasteiger partial charge in [0.05, 0.1) is 16.8 Å². The van der Waals surface area contributed by atoms with E-state index < -0.39 is 0 Å². The van der Waals surface area contributed by atoms with Gasteiger partial charge in [-0.2, -0.15) is 0 Å². The lowest BCUT2D eigenvalue weighted by Crippen LogP contribution is -2.46. The summed E-state index contributed by atoms with van der Waals surface area (Å²) in [6.07, 6.45) is 5.14. The Balaban J connectivity index is 1.61. The van der Waals surface area contributed by atoms with Gasteiger partial charge in [0.25, 0.3) is 5.91 Å². The number of piperidine rings is 1. The molecule has 1 fully saturated rings. The van der Waals surface area contributed by atoms with E-state index in [0.29, 0.717) is 22.1 Å². The van der Waals surface area contributed by atoms with Crippen LogP contribution in [0.1, 0.15) is 61.4 Å². The minimum absolute atomic E-state index is 0.134. The monoisotopic (exact) mass is 466 g/mol. The number of likely N-dealkylation sites (tertiary alicyclic amines) is 1. The highest BCUT2D eigenvalue weighted by Gasteiger charge is 2.25. The van der Waals surface area contributed by atoms with Gasteiger partial charge < -0.3 is 15.5 Å². The number of fused-ring (bicyclic) bond motifs is 1. The zero-order valence-corrected chi connectivity index (χ0v) is 20.4. The van der Waals surface area contributed by atoms with Crippen molar-refractivity contribution in [3.05, 3.63) is 58.8 Å². The molecule has 2 N–H and O–H groups in total. The number of nitrogens with one attached hydrogen (secondary N) is 2. The number of hydrogen-bond donors (Lipinski definition) is 2. The molecular formula is C25H31ClN6O. The lowest BCUT2D eigenvalue weighted by atomic mass is 10.0. The standard InChI is InChI=1S/C25H31ClN6O/c1-15(2)32-10-8-19(9-11-32)30-25(33)23-22-18(6-5-7-20(22)26)12-21(31-23)17(4)29-24-16(3)13-27-14-28-24/h5-7,12-15,17,19H,8-11H2,1-4H3,(H,30,33)(H,27,28,29). The highest BCUT2D eigenvalue weighted by molar-refractivity contribution is 6.36. The number of hydrogen-bond acceptors (Lipinski definition) is 6. The number of aryl methyl sites for hydroxylation is 1. The molecule has 3 heterocycles. The van der Waals surface area contributed by atoms with Crippen molar-refractivity contribution in [2.45, 2.75) is 58.7 Å². The van der Waals surface area contributed by atoms with E-state index in [4.69, 9.17) is 16.6 Å². The van der Waals surface area contributed by atoms with E-state index in [-0.39, 0.29) is 18.0 Å². The van der Waals surface area contributed by atoms with Crippen LogP contribution in [-0.2, 0) is 0 Å². The van der Waals surface area contributed by atoms with Crippen molar-refractivity contribution in [1.29, 1.82) is 0 Å². The van der Waals surface area contributed by atoms with E-state index in [0.717, 1.165) is 48.4 Å². The third kappa shape index (κ3) is 5.25. The lowest BCUT2D eigenvalue weighted by molar-refractivity contribution is 0.0897. The van der Waals surface area contributed by atoms with Crippen molar-refractivity contribution in [3.63, 3.8) is 0 Å². The normalized spacial score (nSPS) is 16.2. The van der Waals surface area contributed by atoms with Crippen molar-refractivity contribution in [3.8, 4) is 0 Å². The summed E-state index contributed by atoms with van der Waals surface area (Å²) in [5.74, 6) is 0.566. The SMILES string of the molecule is Cc1cncnc1NC(C)c1cc2cccc(Cl)c2c(C(=O)NC2CCN(C(C)C)CC2)n1. The van der Waals surface area contributed by atoms with Crippen molar-refractivity contribution in [2.75, 3.05) is 18.4 Å². The Bertz CT molecular complexity index is 1140. The van der Waals surface area contributed by atoms with Crippen LogP contribution in [0.2, 0.25) is 5.02 Å². The second-order valence-electron chi connectivity index (χ2n) is 9.03. The second-order valence-corrected chi connectivity index (χ2v) is 9.44. The van der Waals surface area contributed by atoms with E-state index >= 15 is 0 Å². The van der Waals surface area contributed by atoms with Crippen molar-refractivity contribution in [1.82, 2.24) is 25.2 Å². The second kappa shape index (κ2) is 10.0. The highest BCUT2D eigenvalue weighted by atomic mass is 35.5. The van der Waals surface area contributed by atoms with Gasteiger partial charge in [0.15, 0.2) is 0 Å². The molecule has 3 aromatic rings. The Hall–Kier alpha value is -2.77. The van der Waals surface area contributed by atoms with Crippen LogP contribution in [0.4, 0.5) is 5.82 Å². The summed E-state index contributed by atoms with van der Waals surface area (Å²) in [7, 11) is 0. The molecule has 1 saturated heterocycles. The number of pyridine rings is 1. The Labute approximate surface area is 200 Å². The molecule has 7 nitrogen and oxygen atoms in total. The van der Waals surface area contributed by atoms with Gasteiger partial charge in [0.1, 0.15) is 17.8 Å². The molecular weight excluding hydrogens is 436 g/mol. The summed E-state index contributed by atoms with van der Waals surface area (Å²) >= 11 is 6.53. The number of aromatic nitrogens is 3. The minimum atomic E-state index is -0.177. The van der Waals surface area contributed by atoms with Gasteiger partial charge in [-0.05, 0) is 58.1 Å². The molecule has 8 heteroatoms. The van der Waals surface area contributed by atoms with Crippen LogP contribution >= 0.6 is 11.6 Å². The van der Waals surface area contributed by atoms with Crippen LogP contribution in [0.5, 0.6) is 0 Å². The summed E-state index contributed by atoms with van der Waals surface area (Å²) in [5.41, 5.74) is 2.06. The average molecular weight is 467 g/mol. The number of carbonyl (C=O) groups is 1. The van der Waals surface area contributed by atoms with Crippen LogP contribution in [0.25, 0.3) is 10.8 Å². The first-order chi connectivity index (χ1) is 15.8. The average Bonchev–Trinajstić information content (AvgIpc) is 2.80. The number of nitrogens with zero attached hydrogens (tertiary/aromatic N) is 4. The van der Waals surface area contributed by atoms with Gasteiger partial charge in [-0.25, -0.2) is 15.0 Å². The Morgan fingerprint density at radius 1 is 1.21 bits per heavy atom. The first-order valence-electron chi connectivity index (χ1n) is 11.5. The zero-order chi connectivity index (χ0) is 23.5. The third-order valence-electron chi connectivity index (χ3n) is 6.33. The predicted molar refractivity (Wildman–Crippen MR) is 133 cm³/mol. The smallest absolute Gasteiger partial charge is 0.270 e. The number of benzene rings is 1. The van der Waals surface area contributed by atoms with Crippen LogP contribution in [0, 0.1) is 6.92 Å². The predicted octanol–water partition coefficient (Wildman–Crippen LogP) is 4.76. The molecule has 1 aromatic carbocycles. The number of amides is 1. The molecule has 1 atom stereocenters. The van der Waals surface area contributed by atoms with Crippen molar-refractivity contribution in [2.24, 2.45) is 0 Å². The van der Waals surface area contributed by atoms with E-state index in [1.807, 2.05) is 32.0 Å². The number of anilines is 1. The van der Waals surface area contributed by atoms with E-state index in [1.165, 1.54) is 6.33 Å². The molecule has 0 bridgehead atoms. The molecule has 1 amide bonds. The third-order valence-corrected chi connectivity index (χ3v) is 6.64. The van der Waals surface area contributed by atoms with E-state index in [2.05, 4.69) is 39.3 Å². The Morgan fingerprint density at radius 2 is 1.97 bits per heavy atom. The number of rotatable bonds is 6. The molecule has 0 spiro atoms. The molecule has 1 aliphatic heterocycles. The molecule has 1 unspecified atom stereocenters. The maximum Gasteiger partial charge on any atom is 0.270 e. The van der Waals surface area contributed by atoms with Crippen LogP contribution in [0.3, 0.4) is 0 Å². The van der Waals surface area contributed by atoms with Gasteiger partial charge in [-0.15, -0.1) is 0 Å². The van der Waals surface area contributed by atoms with Crippen LogP contribution in [-0.4, -0.2) is 50.9 Å². The van der Waals surface area contributed by atoms with Crippen LogP contribution in [0.15, 0.2) is 36.8 Å². The summed E-state index contributed by atoms with van der Waals surface area (Å²) in [5, 5.41) is 8.70. The van der Waals surface area contributed by atoms with Gasteiger partial charge in [-0.3, -0.25) is 4.79 Å². The number of halogens is 1. The Morgan fingerprint density at radius 3 is 2.67 bits per heavy atom. The molecule has 4 rings (SSSR count). The molecule has 1 aliphatic rings. The van der Waals surface area contributed by atoms with Gasteiger partial charge >= 0.3 is 0 Å². The quantitative estimate of drug-likeness (QED) is 0.544. The lowest BCUT2D eigenvalue weighted by Gasteiger charge is -2.34. The number of carbonyl (C=O) groups excluding carboxylic acids is 1. The molecule has 0 radical (unpaired) electrons. The maximum atomic E-state index is 13.4. The minimum Gasteiger partial charge on any atom is -0.362 e. The van der Waals surface area contributed by atoms with Crippen molar-refractivity contribution >= 4 is 34.1 Å². The van der Waals surface area contributed by atoms with Gasteiger partial charge in [0, 0.05) is 42.3 Å². The maximum absolute atomic E-state index is 13.4. The fraction of sp³-hybridized carbons (Fsp3) is 0.440. The molecule has 2 aromatic heterocycles. The largest absolute Gasteiger partial charge is 0.362 e. The molecule has 174 valence electrons. The highest BCUT2D eigenvalue weighted by Crippen LogP contribution is 2.29. The fourth-order valence-corrected chi connectivity index (χ4v) is 4.59. The zero-order valence-electron chi connectivity index (χ0n) is 19.6. The topological polar surface area (TPSA) is 83.0 Å². The Kier molecular flexibility index (Phi) is 7.10. The van der Waals surface area contributed by atoms with Crippen molar-refractivity contribution < 1.29 is 4.79 Å². The summed E-state index contributed by atoms with van der Waals surface area (Å²) in [6, 6.07) is 8.13. The molecule has 0 saturated carbocycles. The van der Waals surface area contributed by atoms with Gasteiger partial charge in [-0.1, -0.05) is 23.7 Å².